The molecule has 1 aliphatic carbocycles. The Balaban J connectivity index is 1.97. The highest BCUT2D eigenvalue weighted by Crippen LogP contribution is 2.38. The predicted octanol–water partition coefficient (Wildman–Crippen LogP) is 4.43. The van der Waals surface area contributed by atoms with E-state index in [4.69, 9.17) is 14.6 Å². The molecule has 0 aromatic rings. The number of hydrogen-bond donors (Lipinski definition) is 3. The molecule has 0 amide bonds. The van der Waals surface area contributed by atoms with Crippen LogP contribution in [0.5, 0.6) is 0 Å². The summed E-state index contributed by atoms with van der Waals surface area (Å²) in [5, 5.41) is 29.9. The molecule has 2 aliphatic rings. The average Bonchev–Trinajstić information content (AvgIpc) is 3.02. The van der Waals surface area contributed by atoms with Crippen LogP contribution in [0.3, 0.4) is 0 Å². The molecular weight excluding hydrogens is 408 g/mol. The van der Waals surface area contributed by atoms with Crippen molar-refractivity contribution in [1.29, 1.82) is 0 Å². The number of aliphatic hydroxyl groups excluding tert-OH is 2. The second kappa shape index (κ2) is 14.0. The largest absolute Gasteiger partial charge is 0.481 e. The Labute approximate surface area is 193 Å². The summed E-state index contributed by atoms with van der Waals surface area (Å²) in [7, 11) is 0. The second-order valence-corrected chi connectivity index (χ2v) is 9.47. The molecule has 1 saturated heterocycles. The van der Waals surface area contributed by atoms with Crippen LogP contribution in [-0.4, -0.2) is 52.0 Å². The van der Waals surface area contributed by atoms with Gasteiger partial charge in [0, 0.05) is 31.8 Å². The Bertz CT molecular complexity index is 644. The van der Waals surface area contributed by atoms with E-state index in [-0.39, 0.29) is 24.5 Å². The van der Waals surface area contributed by atoms with Gasteiger partial charge in [-0.1, -0.05) is 31.4 Å². The van der Waals surface area contributed by atoms with E-state index in [1.165, 1.54) is 0 Å². The Morgan fingerprint density at radius 2 is 1.97 bits per heavy atom. The maximum atomic E-state index is 10.6. The van der Waals surface area contributed by atoms with Crippen molar-refractivity contribution in [2.75, 3.05) is 6.61 Å². The zero-order chi connectivity index (χ0) is 23.4. The normalized spacial score (nSPS) is 30.1. The number of aliphatic hydroxyl groups is 2. The molecule has 6 heteroatoms. The highest BCUT2D eigenvalue weighted by atomic mass is 16.7. The van der Waals surface area contributed by atoms with Gasteiger partial charge < -0.3 is 24.8 Å². The van der Waals surface area contributed by atoms with E-state index in [0.717, 1.165) is 64.4 Å². The third-order valence-electron chi connectivity index (χ3n) is 6.73. The van der Waals surface area contributed by atoms with Gasteiger partial charge in [-0.3, -0.25) is 4.79 Å². The van der Waals surface area contributed by atoms with Crippen molar-refractivity contribution in [1.82, 2.24) is 0 Å². The summed E-state index contributed by atoms with van der Waals surface area (Å²) in [6.45, 7) is 4.61. The third kappa shape index (κ3) is 9.23. The van der Waals surface area contributed by atoms with Crippen molar-refractivity contribution in [3.8, 4) is 11.8 Å². The summed E-state index contributed by atoms with van der Waals surface area (Å²) in [4.78, 5) is 10.6. The Morgan fingerprint density at radius 3 is 2.66 bits per heavy atom. The minimum atomic E-state index is -0.752. The van der Waals surface area contributed by atoms with E-state index >= 15 is 0 Å². The topological polar surface area (TPSA) is 96.2 Å². The average molecular weight is 451 g/mol. The van der Waals surface area contributed by atoms with Crippen LogP contribution in [0.1, 0.15) is 90.9 Å². The molecular formula is C26H42O6. The van der Waals surface area contributed by atoms with E-state index < -0.39 is 23.8 Å². The van der Waals surface area contributed by atoms with Crippen LogP contribution in [0.2, 0.25) is 0 Å². The molecule has 1 saturated carbocycles. The summed E-state index contributed by atoms with van der Waals surface area (Å²) in [6.07, 6.45) is 12.2. The van der Waals surface area contributed by atoms with Gasteiger partial charge in [0.15, 0.2) is 6.29 Å². The first-order valence-corrected chi connectivity index (χ1v) is 12.3. The van der Waals surface area contributed by atoms with Crippen LogP contribution in [0.4, 0.5) is 0 Å². The zero-order valence-electron chi connectivity index (χ0n) is 19.8. The van der Waals surface area contributed by atoms with Crippen LogP contribution in [0.15, 0.2) is 12.2 Å². The number of carboxylic acids is 1. The number of aliphatic carboxylic acids is 1. The van der Waals surface area contributed by atoms with Crippen LogP contribution in [0.25, 0.3) is 0 Å². The summed E-state index contributed by atoms with van der Waals surface area (Å²) in [6, 6.07) is 0. The lowest BCUT2D eigenvalue weighted by Crippen LogP contribution is -2.35. The summed E-state index contributed by atoms with van der Waals surface area (Å²) >= 11 is 0. The van der Waals surface area contributed by atoms with E-state index in [0.29, 0.717) is 12.8 Å². The molecule has 0 aromatic heterocycles. The Hall–Kier alpha value is -1.39. The van der Waals surface area contributed by atoms with Gasteiger partial charge in [0.05, 0.1) is 17.8 Å². The molecule has 0 radical (unpaired) electrons. The van der Waals surface area contributed by atoms with E-state index in [9.17, 15) is 15.0 Å². The lowest BCUT2D eigenvalue weighted by molar-refractivity contribution is -0.207. The van der Waals surface area contributed by atoms with E-state index in [1.807, 2.05) is 26.0 Å². The maximum Gasteiger partial charge on any atom is 0.303 e. The van der Waals surface area contributed by atoms with Gasteiger partial charge >= 0.3 is 5.97 Å². The van der Waals surface area contributed by atoms with Gasteiger partial charge in [-0.2, -0.15) is 0 Å². The SMILES string of the molecule is CC#CCCC(C)(C=C[C@@H]1[C@@H](CCCCCCC(=O)O)[C@@H](O)C[C@H]1O)OC1CCCCO1. The summed E-state index contributed by atoms with van der Waals surface area (Å²) in [5.41, 5.74) is -0.541. The molecule has 2 fully saturated rings. The second-order valence-electron chi connectivity index (χ2n) is 9.47. The van der Waals surface area contributed by atoms with Gasteiger partial charge in [0.2, 0.25) is 0 Å². The van der Waals surface area contributed by atoms with Crippen LogP contribution in [-0.2, 0) is 14.3 Å². The van der Waals surface area contributed by atoms with Crippen molar-refractivity contribution in [2.24, 2.45) is 11.8 Å². The number of carbonyl (C=O) groups is 1. The molecule has 0 aromatic carbocycles. The van der Waals surface area contributed by atoms with Gasteiger partial charge in [-0.05, 0) is 58.3 Å². The number of carboxylic acid groups (broad SMARTS) is 1. The Morgan fingerprint density at radius 1 is 1.19 bits per heavy atom. The minimum absolute atomic E-state index is 0.00587. The standard InChI is InChI=1S/C26H42O6/c1-3-4-10-16-26(2,32-25-14-9-11-18-31-25)17-15-21-20(22(27)19-23(21)28)12-7-5-6-8-13-24(29)30/h15,17,20-23,25,27-28H,5-14,16,18-19H2,1-2H3,(H,29,30)/t20-,21-,22+,23-,25?,26?/m1/s1. The quantitative estimate of drug-likeness (QED) is 0.218. The first-order valence-electron chi connectivity index (χ1n) is 12.3. The first-order chi connectivity index (χ1) is 15.3. The highest BCUT2D eigenvalue weighted by molar-refractivity contribution is 5.66. The number of ether oxygens (including phenoxy) is 2. The van der Waals surface area contributed by atoms with Crippen molar-refractivity contribution < 1.29 is 29.6 Å². The fourth-order valence-corrected chi connectivity index (χ4v) is 4.82. The van der Waals surface area contributed by atoms with Crippen LogP contribution < -0.4 is 0 Å². The Kier molecular flexibility index (Phi) is 11.7. The number of rotatable bonds is 13. The lowest BCUT2D eigenvalue weighted by Gasteiger charge is -2.34. The fraction of sp³-hybridized carbons (Fsp3) is 0.808. The highest BCUT2D eigenvalue weighted by Gasteiger charge is 2.40. The molecule has 1 aliphatic heterocycles. The fourth-order valence-electron chi connectivity index (χ4n) is 4.82. The van der Waals surface area contributed by atoms with Crippen LogP contribution in [0, 0.1) is 23.7 Å². The van der Waals surface area contributed by atoms with Crippen LogP contribution >= 0.6 is 0 Å². The van der Waals surface area contributed by atoms with Crippen molar-refractivity contribution >= 4 is 5.97 Å². The monoisotopic (exact) mass is 450 g/mol. The molecule has 1 heterocycles. The molecule has 6 nitrogen and oxygen atoms in total. The molecule has 3 N–H and O–H groups in total. The molecule has 2 unspecified atom stereocenters. The molecule has 2 rings (SSSR count). The van der Waals surface area contributed by atoms with Gasteiger partial charge in [0.1, 0.15) is 0 Å². The third-order valence-corrected chi connectivity index (χ3v) is 6.73. The maximum absolute atomic E-state index is 10.6. The number of unbranched alkanes of at least 4 members (excludes halogenated alkanes) is 3. The molecule has 6 atom stereocenters. The van der Waals surface area contributed by atoms with Gasteiger partial charge in [0.25, 0.3) is 0 Å². The number of hydrogen-bond acceptors (Lipinski definition) is 5. The summed E-state index contributed by atoms with van der Waals surface area (Å²) in [5.74, 6) is 5.19. The molecule has 32 heavy (non-hydrogen) atoms. The van der Waals surface area contributed by atoms with Gasteiger partial charge in [-0.25, -0.2) is 0 Å². The van der Waals surface area contributed by atoms with Crippen molar-refractivity contribution in [3.05, 3.63) is 12.2 Å². The minimum Gasteiger partial charge on any atom is -0.481 e. The molecule has 182 valence electrons. The predicted molar refractivity (Wildman–Crippen MR) is 124 cm³/mol. The van der Waals surface area contributed by atoms with Crippen molar-refractivity contribution in [3.63, 3.8) is 0 Å². The summed E-state index contributed by atoms with van der Waals surface area (Å²) < 4.78 is 12.2. The van der Waals surface area contributed by atoms with E-state index in [2.05, 4.69) is 11.8 Å². The van der Waals surface area contributed by atoms with Crippen molar-refractivity contribution in [2.45, 2.75) is 115 Å². The van der Waals surface area contributed by atoms with Gasteiger partial charge in [-0.15, -0.1) is 11.8 Å². The zero-order valence-corrected chi connectivity index (χ0v) is 19.8. The molecule has 0 bridgehead atoms. The lowest BCUT2D eigenvalue weighted by atomic mass is 9.86. The smallest absolute Gasteiger partial charge is 0.303 e. The first kappa shape index (κ1) is 26.9. The van der Waals surface area contributed by atoms with E-state index in [1.54, 1.807) is 0 Å². The molecule has 0 spiro atoms.